The summed E-state index contributed by atoms with van der Waals surface area (Å²) in [5.41, 5.74) is 3.15. The fourth-order valence-corrected chi connectivity index (χ4v) is 7.81. The number of nitrogens with one attached hydrogen (secondary N) is 1. The first-order valence-electron chi connectivity index (χ1n) is 13.5. The molecular formula is C33H28Cl2N2O5S2. The molecule has 5 aromatic rings. The Hall–Kier alpha value is -3.86. The molecule has 0 saturated heterocycles. The quantitative estimate of drug-likeness (QED) is 0.153. The molecule has 0 aliphatic carbocycles. The number of benzene rings is 5. The molecule has 0 fully saturated rings. The van der Waals surface area contributed by atoms with Crippen LogP contribution < -0.4 is 9.03 Å². The SMILES string of the molecule is O=S(=O)(NCc1cc(Cl)c(Cl)c(CS(=O)(=O)N(Cc2ccc(-c3ccccc3)cc2)c2ccccc2)c1O)c1ccccc1. The number of sulfonamides is 2. The van der Waals surface area contributed by atoms with Gasteiger partial charge in [0.05, 0.1) is 32.9 Å². The molecule has 0 radical (unpaired) electrons. The van der Waals surface area contributed by atoms with Crippen molar-refractivity contribution in [3.63, 3.8) is 0 Å². The zero-order valence-electron chi connectivity index (χ0n) is 23.3. The third kappa shape index (κ3) is 7.26. The van der Waals surface area contributed by atoms with Gasteiger partial charge >= 0.3 is 0 Å². The molecular weight excluding hydrogens is 639 g/mol. The van der Waals surface area contributed by atoms with Gasteiger partial charge in [0.1, 0.15) is 5.75 Å². The molecule has 11 heteroatoms. The average molecular weight is 668 g/mol. The van der Waals surface area contributed by atoms with Gasteiger partial charge in [-0.1, -0.05) is 114 Å². The van der Waals surface area contributed by atoms with Crippen molar-refractivity contribution in [2.24, 2.45) is 0 Å². The highest BCUT2D eigenvalue weighted by molar-refractivity contribution is 7.92. The van der Waals surface area contributed by atoms with E-state index in [1.165, 1.54) is 22.5 Å². The minimum Gasteiger partial charge on any atom is -0.507 e. The molecule has 0 aliphatic heterocycles. The summed E-state index contributed by atoms with van der Waals surface area (Å²) in [7, 11) is -8.08. The Morgan fingerprint density at radius 3 is 1.86 bits per heavy atom. The van der Waals surface area contributed by atoms with E-state index in [1.54, 1.807) is 48.5 Å². The Kier molecular flexibility index (Phi) is 9.62. The number of rotatable bonds is 11. The summed E-state index contributed by atoms with van der Waals surface area (Å²) < 4.78 is 57.2. The average Bonchev–Trinajstić information content (AvgIpc) is 3.04. The molecule has 5 rings (SSSR count). The van der Waals surface area contributed by atoms with E-state index < -0.39 is 31.5 Å². The van der Waals surface area contributed by atoms with E-state index in [0.717, 1.165) is 16.7 Å². The van der Waals surface area contributed by atoms with Crippen LogP contribution in [0.4, 0.5) is 5.69 Å². The van der Waals surface area contributed by atoms with Crippen molar-refractivity contribution in [3.8, 4) is 16.9 Å². The molecule has 0 atom stereocenters. The van der Waals surface area contributed by atoms with E-state index in [1.807, 2.05) is 54.6 Å². The number of aromatic hydroxyl groups is 1. The Balaban J connectivity index is 1.44. The Morgan fingerprint density at radius 2 is 1.25 bits per heavy atom. The fraction of sp³-hybridized carbons (Fsp3) is 0.0909. The molecule has 0 heterocycles. The van der Waals surface area contributed by atoms with Crippen molar-refractivity contribution in [2.45, 2.75) is 23.7 Å². The van der Waals surface area contributed by atoms with Crippen LogP contribution in [0.2, 0.25) is 10.0 Å². The van der Waals surface area contributed by atoms with Crippen molar-refractivity contribution >= 4 is 48.9 Å². The van der Waals surface area contributed by atoms with E-state index >= 15 is 0 Å². The lowest BCUT2D eigenvalue weighted by Crippen LogP contribution is -2.32. The van der Waals surface area contributed by atoms with E-state index in [9.17, 15) is 21.9 Å². The van der Waals surface area contributed by atoms with E-state index in [-0.39, 0.29) is 39.2 Å². The highest BCUT2D eigenvalue weighted by atomic mass is 35.5. The van der Waals surface area contributed by atoms with Gasteiger partial charge in [-0.15, -0.1) is 0 Å². The van der Waals surface area contributed by atoms with Gasteiger partial charge in [0, 0.05) is 17.7 Å². The summed E-state index contributed by atoms with van der Waals surface area (Å²) in [6, 6.07) is 35.1. The van der Waals surface area contributed by atoms with Crippen LogP contribution in [-0.4, -0.2) is 21.9 Å². The molecule has 0 saturated carbocycles. The Bertz CT molecular complexity index is 1960. The third-order valence-corrected chi connectivity index (χ3v) is 10.9. The van der Waals surface area contributed by atoms with Crippen molar-refractivity contribution in [1.82, 2.24) is 4.72 Å². The van der Waals surface area contributed by atoms with Crippen LogP contribution in [0.15, 0.2) is 126 Å². The molecule has 0 amide bonds. The fourth-order valence-electron chi connectivity index (χ4n) is 4.65. The van der Waals surface area contributed by atoms with Gasteiger partial charge in [-0.3, -0.25) is 4.31 Å². The zero-order chi connectivity index (χ0) is 31.3. The molecule has 7 nitrogen and oxygen atoms in total. The molecule has 0 aliphatic rings. The number of halogens is 2. The molecule has 0 unspecified atom stereocenters. The van der Waals surface area contributed by atoms with Crippen LogP contribution in [0.5, 0.6) is 5.75 Å². The van der Waals surface area contributed by atoms with Crippen LogP contribution in [0, 0.1) is 0 Å². The highest BCUT2D eigenvalue weighted by Crippen LogP contribution is 2.38. The lowest BCUT2D eigenvalue weighted by Gasteiger charge is -2.26. The van der Waals surface area contributed by atoms with Crippen molar-refractivity contribution < 1.29 is 21.9 Å². The number of nitrogens with zero attached hydrogens (tertiary/aromatic N) is 1. The first kappa shape index (κ1) is 31.6. The summed E-state index contributed by atoms with van der Waals surface area (Å²) in [5, 5.41) is 11.0. The van der Waals surface area contributed by atoms with E-state index in [2.05, 4.69) is 4.72 Å². The van der Waals surface area contributed by atoms with Crippen molar-refractivity contribution in [2.75, 3.05) is 4.31 Å². The second-order valence-electron chi connectivity index (χ2n) is 9.96. The first-order chi connectivity index (χ1) is 21.0. The first-order valence-corrected chi connectivity index (χ1v) is 17.3. The molecule has 0 spiro atoms. The van der Waals surface area contributed by atoms with Crippen LogP contribution >= 0.6 is 23.2 Å². The monoisotopic (exact) mass is 666 g/mol. The van der Waals surface area contributed by atoms with Gasteiger partial charge in [0.2, 0.25) is 20.0 Å². The molecule has 0 aromatic heterocycles. The lowest BCUT2D eigenvalue weighted by atomic mass is 10.0. The van der Waals surface area contributed by atoms with E-state index in [4.69, 9.17) is 23.2 Å². The van der Waals surface area contributed by atoms with Crippen LogP contribution in [-0.2, 0) is 38.9 Å². The third-order valence-electron chi connectivity index (χ3n) is 6.97. The Labute approximate surface area is 267 Å². The number of phenolic OH excluding ortho intramolecular Hbond substituents is 1. The highest BCUT2D eigenvalue weighted by Gasteiger charge is 2.28. The van der Waals surface area contributed by atoms with Gasteiger partial charge < -0.3 is 5.11 Å². The van der Waals surface area contributed by atoms with Gasteiger partial charge in [0.25, 0.3) is 0 Å². The molecule has 44 heavy (non-hydrogen) atoms. The van der Waals surface area contributed by atoms with Crippen LogP contribution in [0.1, 0.15) is 16.7 Å². The topological polar surface area (TPSA) is 104 Å². The molecule has 0 bridgehead atoms. The predicted octanol–water partition coefficient (Wildman–Crippen LogP) is 7.38. The number of hydrogen-bond acceptors (Lipinski definition) is 5. The minimum atomic E-state index is -4.16. The van der Waals surface area contributed by atoms with Gasteiger partial charge in [0.15, 0.2) is 0 Å². The number of anilines is 1. The summed E-state index contributed by atoms with van der Waals surface area (Å²) >= 11 is 12.8. The maximum atomic E-state index is 14.0. The van der Waals surface area contributed by atoms with Gasteiger partial charge in [-0.25, -0.2) is 21.6 Å². The minimum absolute atomic E-state index is 0.0180. The summed E-state index contributed by atoms with van der Waals surface area (Å²) in [6.07, 6.45) is 0. The van der Waals surface area contributed by atoms with Crippen molar-refractivity contribution in [3.05, 3.63) is 148 Å². The molecule has 2 N–H and O–H groups in total. The Morgan fingerprint density at radius 1 is 0.705 bits per heavy atom. The largest absolute Gasteiger partial charge is 0.507 e. The summed E-state index contributed by atoms with van der Waals surface area (Å²) in [4.78, 5) is 0.0395. The van der Waals surface area contributed by atoms with Gasteiger partial charge in [-0.2, -0.15) is 0 Å². The number of phenols is 1. The second kappa shape index (κ2) is 13.4. The molecule has 226 valence electrons. The predicted molar refractivity (Wildman–Crippen MR) is 176 cm³/mol. The maximum absolute atomic E-state index is 14.0. The second-order valence-corrected chi connectivity index (χ2v) is 14.4. The molecule has 5 aromatic carbocycles. The maximum Gasteiger partial charge on any atom is 0.240 e. The van der Waals surface area contributed by atoms with Gasteiger partial charge in [-0.05, 0) is 47.0 Å². The smallest absolute Gasteiger partial charge is 0.240 e. The standard InChI is InChI=1S/C33H28Cl2N2O5S2/c34-31-20-27(21-36-44(41,42)29-14-8-3-9-15-29)33(38)30(32(31)35)23-43(39,40)37(28-12-6-2-7-13-28)22-24-16-18-26(19-17-24)25-10-4-1-5-11-25/h1-20,36,38H,21-23H2. The summed E-state index contributed by atoms with van der Waals surface area (Å²) in [6.45, 7) is -0.326. The van der Waals surface area contributed by atoms with Crippen molar-refractivity contribution in [1.29, 1.82) is 0 Å². The zero-order valence-corrected chi connectivity index (χ0v) is 26.4. The van der Waals surface area contributed by atoms with Crippen LogP contribution in [0.25, 0.3) is 11.1 Å². The summed E-state index contributed by atoms with van der Waals surface area (Å²) in [5.74, 6) is -1.15. The lowest BCUT2D eigenvalue weighted by molar-refractivity contribution is 0.461. The number of hydrogen-bond donors (Lipinski definition) is 2. The van der Waals surface area contributed by atoms with E-state index in [0.29, 0.717) is 5.69 Å². The number of para-hydroxylation sites is 1. The normalized spacial score (nSPS) is 11.8. The van der Waals surface area contributed by atoms with Crippen LogP contribution in [0.3, 0.4) is 0 Å².